The molecule has 1 fully saturated rings. The third-order valence-corrected chi connectivity index (χ3v) is 4.86. The van der Waals surface area contributed by atoms with E-state index in [1.807, 2.05) is 25.1 Å². The van der Waals surface area contributed by atoms with Gasteiger partial charge in [-0.05, 0) is 36.2 Å². The smallest absolute Gasteiger partial charge is 0.239 e. The number of nitrogens with one attached hydrogen (secondary N) is 2. The topological polar surface area (TPSA) is 73.8 Å². The van der Waals surface area contributed by atoms with E-state index in [2.05, 4.69) is 15.6 Å². The summed E-state index contributed by atoms with van der Waals surface area (Å²) in [6.07, 6.45) is 1.55. The fraction of sp³-hybridized carbons (Fsp3) is 0.250. The Morgan fingerprint density at radius 2 is 2.11 bits per heavy atom. The first-order valence-electron chi connectivity index (χ1n) is 8.78. The van der Waals surface area contributed by atoms with Crippen LogP contribution >= 0.6 is 0 Å². The number of fused-ring (bicyclic) bond motifs is 1. The van der Waals surface area contributed by atoms with Crippen LogP contribution in [0.1, 0.15) is 17.0 Å². The maximum absolute atomic E-state index is 14.5. The molecule has 138 valence electrons. The van der Waals surface area contributed by atoms with Gasteiger partial charge in [0.05, 0.1) is 17.9 Å². The van der Waals surface area contributed by atoms with Gasteiger partial charge < -0.3 is 15.5 Å². The first-order chi connectivity index (χ1) is 13.0. The van der Waals surface area contributed by atoms with Crippen molar-refractivity contribution in [3.8, 4) is 0 Å². The number of piperazine rings is 1. The van der Waals surface area contributed by atoms with Gasteiger partial charge in [-0.25, -0.2) is 4.39 Å². The number of carbonyl (C=O) groups excluding carboxylic acids is 2. The Balaban J connectivity index is 1.56. The largest absolute Gasteiger partial charge is 0.358 e. The summed E-state index contributed by atoms with van der Waals surface area (Å²) in [5.74, 6) is -1.19. The van der Waals surface area contributed by atoms with Crippen LogP contribution in [0.3, 0.4) is 0 Å². The fourth-order valence-corrected chi connectivity index (χ4v) is 3.52. The number of halogens is 1. The number of hydrogen-bond acceptors (Lipinski definition) is 4. The molecule has 27 heavy (non-hydrogen) atoms. The van der Waals surface area contributed by atoms with Crippen molar-refractivity contribution in [2.75, 3.05) is 29.9 Å². The highest BCUT2D eigenvalue weighted by atomic mass is 19.1. The monoisotopic (exact) mass is 366 g/mol. The van der Waals surface area contributed by atoms with Crippen LogP contribution in [0.2, 0.25) is 0 Å². The number of aliphatic imine (C=N–C) groups is 1. The van der Waals surface area contributed by atoms with Crippen LogP contribution in [0.25, 0.3) is 0 Å². The van der Waals surface area contributed by atoms with Crippen LogP contribution in [-0.4, -0.2) is 37.7 Å². The fourth-order valence-electron chi connectivity index (χ4n) is 3.52. The highest BCUT2D eigenvalue weighted by Crippen LogP contribution is 2.34. The molecule has 2 aromatic carbocycles. The highest BCUT2D eigenvalue weighted by molar-refractivity contribution is 6.13. The van der Waals surface area contributed by atoms with Gasteiger partial charge in [0.1, 0.15) is 11.7 Å². The Kier molecular flexibility index (Phi) is 4.35. The van der Waals surface area contributed by atoms with Gasteiger partial charge in [0.15, 0.2) is 0 Å². The van der Waals surface area contributed by atoms with Gasteiger partial charge >= 0.3 is 0 Å². The molecule has 0 bridgehead atoms. The number of nitrogens with zero attached hydrogens (tertiary/aromatic N) is 2. The van der Waals surface area contributed by atoms with E-state index in [-0.39, 0.29) is 18.4 Å². The zero-order chi connectivity index (χ0) is 19.0. The first kappa shape index (κ1) is 17.2. The molecule has 4 rings (SSSR count). The quantitative estimate of drug-likeness (QED) is 0.820. The second-order valence-corrected chi connectivity index (χ2v) is 6.69. The lowest BCUT2D eigenvalue weighted by Gasteiger charge is -2.28. The number of benzene rings is 2. The zero-order valence-electron chi connectivity index (χ0n) is 14.8. The summed E-state index contributed by atoms with van der Waals surface area (Å²) in [7, 11) is 0. The maximum atomic E-state index is 14.5. The van der Waals surface area contributed by atoms with Gasteiger partial charge in [0.25, 0.3) is 0 Å². The van der Waals surface area contributed by atoms with Crippen molar-refractivity contribution in [1.82, 2.24) is 5.32 Å². The lowest BCUT2D eigenvalue weighted by Crippen LogP contribution is -2.48. The van der Waals surface area contributed by atoms with E-state index in [4.69, 9.17) is 0 Å². The van der Waals surface area contributed by atoms with Gasteiger partial charge in [-0.1, -0.05) is 12.1 Å². The summed E-state index contributed by atoms with van der Waals surface area (Å²) in [4.78, 5) is 29.8. The van der Waals surface area contributed by atoms with Crippen molar-refractivity contribution >= 4 is 35.1 Å². The van der Waals surface area contributed by atoms with Gasteiger partial charge in [-0.2, -0.15) is 0 Å². The lowest BCUT2D eigenvalue weighted by molar-refractivity contribution is -0.120. The third kappa shape index (κ3) is 3.28. The van der Waals surface area contributed by atoms with E-state index in [1.54, 1.807) is 23.2 Å². The Labute approximate surface area is 156 Å². The van der Waals surface area contributed by atoms with Crippen LogP contribution < -0.4 is 15.5 Å². The molecule has 0 spiro atoms. The molecule has 6 nitrogen and oxygen atoms in total. The molecule has 0 saturated carbocycles. The normalized spacial score (nSPS) is 19.2. The molecule has 2 aromatic rings. The van der Waals surface area contributed by atoms with Gasteiger partial charge in [-0.3, -0.25) is 14.6 Å². The maximum Gasteiger partial charge on any atom is 0.239 e. The van der Waals surface area contributed by atoms with Gasteiger partial charge in [-0.15, -0.1) is 0 Å². The summed E-state index contributed by atoms with van der Waals surface area (Å²) in [6.45, 7) is 3.14. The van der Waals surface area contributed by atoms with E-state index < -0.39 is 11.7 Å². The molecule has 1 atom stereocenters. The van der Waals surface area contributed by atoms with Crippen molar-refractivity contribution in [2.24, 2.45) is 4.99 Å². The molecule has 2 aliphatic rings. The molecule has 1 saturated heterocycles. The van der Waals surface area contributed by atoms with E-state index in [0.717, 1.165) is 16.8 Å². The molecule has 2 N–H and O–H groups in total. The Morgan fingerprint density at radius 3 is 2.89 bits per heavy atom. The predicted molar refractivity (Wildman–Crippen MR) is 102 cm³/mol. The summed E-state index contributed by atoms with van der Waals surface area (Å²) >= 11 is 0. The van der Waals surface area contributed by atoms with Crippen molar-refractivity contribution in [3.63, 3.8) is 0 Å². The Morgan fingerprint density at radius 1 is 1.26 bits per heavy atom. The number of aryl methyl sites for hydroxylation is 1. The van der Waals surface area contributed by atoms with E-state index in [1.165, 1.54) is 6.07 Å². The third-order valence-electron chi connectivity index (χ3n) is 4.86. The van der Waals surface area contributed by atoms with Gasteiger partial charge in [0, 0.05) is 31.1 Å². The molecule has 1 unspecified atom stereocenters. The van der Waals surface area contributed by atoms with Crippen LogP contribution in [-0.2, 0) is 9.59 Å². The zero-order valence-corrected chi connectivity index (χ0v) is 14.8. The van der Waals surface area contributed by atoms with Crippen LogP contribution in [0.4, 0.5) is 21.5 Å². The second-order valence-electron chi connectivity index (χ2n) is 6.69. The van der Waals surface area contributed by atoms with Crippen LogP contribution in [0, 0.1) is 12.7 Å². The molecule has 2 heterocycles. The summed E-state index contributed by atoms with van der Waals surface area (Å²) < 4.78 is 14.5. The summed E-state index contributed by atoms with van der Waals surface area (Å²) in [5, 5.41) is 5.56. The van der Waals surface area contributed by atoms with Crippen molar-refractivity contribution in [3.05, 3.63) is 53.3 Å². The molecule has 0 radical (unpaired) electrons. The van der Waals surface area contributed by atoms with E-state index in [0.29, 0.717) is 24.5 Å². The molecule has 2 amide bonds. The Hall–Kier alpha value is -3.22. The standard InChI is InChI=1S/C20H19FN4O2/c1-12-3-2-4-16-19(12)14(20(27)24-16)10-23-13-5-6-17(15(21)9-13)25-8-7-22-18(26)11-25/h2-6,9-10,14H,7-8,11H2,1H3,(H,22,26)(H,24,27). The van der Waals surface area contributed by atoms with Crippen molar-refractivity contribution in [1.29, 1.82) is 0 Å². The summed E-state index contributed by atoms with van der Waals surface area (Å²) in [6, 6.07) is 10.3. The minimum Gasteiger partial charge on any atom is -0.358 e. The minimum atomic E-state index is -0.491. The molecule has 0 aromatic heterocycles. The van der Waals surface area contributed by atoms with Gasteiger partial charge in [0.2, 0.25) is 11.8 Å². The predicted octanol–water partition coefficient (Wildman–Crippen LogP) is 2.51. The van der Waals surface area contributed by atoms with Crippen molar-refractivity contribution in [2.45, 2.75) is 12.8 Å². The molecule has 2 aliphatic heterocycles. The van der Waals surface area contributed by atoms with E-state index >= 15 is 0 Å². The Bertz CT molecular complexity index is 957. The molecular weight excluding hydrogens is 347 g/mol. The molecule has 0 aliphatic carbocycles. The first-order valence-corrected chi connectivity index (χ1v) is 8.78. The van der Waals surface area contributed by atoms with Crippen LogP contribution in [0.5, 0.6) is 0 Å². The van der Waals surface area contributed by atoms with E-state index in [9.17, 15) is 14.0 Å². The lowest BCUT2D eigenvalue weighted by atomic mass is 9.97. The SMILES string of the molecule is Cc1cccc2c1C(C=Nc1ccc(N3CCNC(=O)C3)c(F)c1)C(=O)N2. The number of anilines is 2. The van der Waals surface area contributed by atoms with Crippen molar-refractivity contribution < 1.29 is 14.0 Å². The molecular formula is C20H19FN4O2. The van der Waals surface area contributed by atoms with Crippen LogP contribution in [0.15, 0.2) is 41.4 Å². The summed E-state index contributed by atoms with van der Waals surface area (Å²) in [5.41, 5.74) is 3.51. The molecule has 7 heteroatoms. The number of amides is 2. The number of carbonyl (C=O) groups is 2. The average molecular weight is 366 g/mol. The minimum absolute atomic E-state index is 0.121. The number of hydrogen-bond donors (Lipinski definition) is 2. The number of rotatable bonds is 3. The average Bonchev–Trinajstić information content (AvgIpc) is 2.96. The second kappa shape index (κ2) is 6.83. The highest BCUT2D eigenvalue weighted by Gasteiger charge is 2.30.